The van der Waals surface area contributed by atoms with Gasteiger partial charge in [0.25, 0.3) is 0 Å². The number of aryl methyl sites for hydroxylation is 1. The van der Waals surface area contributed by atoms with Gasteiger partial charge >= 0.3 is 0 Å². The minimum absolute atomic E-state index is 0. The van der Waals surface area contributed by atoms with Crippen molar-refractivity contribution in [3.63, 3.8) is 0 Å². The van der Waals surface area contributed by atoms with E-state index in [2.05, 4.69) is 91.9 Å². The van der Waals surface area contributed by atoms with E-state index in [9.17, 15) is 0 Å². The number of hydrogen-bond donors (Lipinski definition) is 0. The number of benzene rings is 2. The highest BCUT2D eigenvalue weighted by atomic mass is 79.9. The smallest absolute Gasteiger partial charge is 0.215 e. The zero-order valence-corrected chi connectivity index (χ0v) is 27.4. The molecule has 0 aliphatic carbocycles. The van der Waals surface area contributed by atoms with E-state index >= 15 is 0 Å². The number of unbranched alkanes of at least 4 members (excludes halogenated alkanes) is 15. The molecule has 0 aliphatic rings. The summed E-state index contributed by atoms with van der Waals surface area (Å²) in [4.78, 5) is 4.41. The molecule has 0 atom stereocenters. The van der Waals surface area contributed by atoms with Gasteiger partial charge in [0, 0.05) is 68.9 Å². The van der Waals surface area contributed by atoms with Crippen molar-refractivity contribution in [3.05, 3.63) is 42.5 Å². The summed E-state index contributed by atoms with van der Waals surface area (Å²) in [5, 5.41) is 2.66. The van der Waals surface area contributed by atoms with Crippen LogP contribution in [0, 0.1) is 0 Å². The molecule has 3 rings (SSSR count). The summed E-state index contributed by atoms with van der Waals surface area (Å²) >= 11 is 0. The molecule has 0 fully saturated rings. The number of nitrogens with zero attached hydrogens (tertiary/aromatic N) is 3. The first-order chi connectivity index (χ1) is 18.5. The van der Waals surface area contributed by atoms with E-state index in [1.54, 1.807) is 0 Å². The molecule has 39 heavy (non-hydrogen) atoms. The van der Waals surface area contributed by atoms with Gasteiger partial charge in [-0.25, -0.2) is 0 Å². The van der Waals surface area contributed by atoms with Crippen LogP contribution in [0.5, 0.6) is 0 Å². The maximum Gasteiger partial charge on any atom is 0.215 e. The topological polar surface area (TPSA) is 10.4 Å². The van der Waals surface area contributed by atoms with Crippen LogP contribution in [0.25, 0.3) is 21.8 Å². The van der Waals surface area contributed by atoms with Crippen LogP contribution >= 0.6 is 0 Å². The lowest BCUT2D eigenvalue weighted by Gasteiger charge is -2.15. The van der Waals surface area contributed by atoms with E-state index < -0.39 is 0 Å². The molecule has 0 N–H and O–H groups in total. The van der Waals surface area contributed by atoms with Gasteiger partial charge in [0.05, 0.1) is 0 Å². The summed E-state index contributed by atoms with van der Waals surface area (Å²) in [7, 11) is 8.53. The Morgan fingerprint density at radius 3 is 1.21 bits per heavy atom. The Morgan fingerprint density at radius 1 is 0.487 bits per heavy atom. The molecule has 0 amide bonds. The number of hydrogen-bond acceptors (Lipinski definition) is 2. The zero-order valence-electron chi connectivity index (χ0n) is 25.8. The second-order valence-electron chi connectivity index (χ2n) is 11.9. The molecule has 1 heterocycles. The van der Waals surface area contributed by atoms with Crippen LogP contribution in [0.3, 0.4) is 0 Å². The fourth-order valence-corrected chi connectivity index (χ4v) is 5.69. The van der Waals surface area contributed by atoms with Crippen molar-refractivity contribution < 1.29 is 21.5 Å². The highest BCUT2D eigenvalue weighted by molar-refractivity contribution is 5.91. The van der Waals surface area contributed by atoms with Crippen LogP contribution in [-0.4, -0.2) is 28.2 Å². The molecule has 0 spiro atoms. The SMILES string of the molecule is CCCCCCCCCCCCCCCCCC[n+]1c2cc(N(C)C)ccc2cc2ccc(N(C)C)cc21.[Br-]. The summed E-state index contributed by atoms with van der Waals surface area (Å²) in [6.45, 7) is 3.38. The minimum atomic E-state index is 0. The lowest BCUT2D eigenvalue weighted by molar-refractivity contribution is -0.645. The Balaban J connectivity index is 0.00000533. The minimum Gasteiger partial charge on any atom is -1.00 e. The normalized spacial score (nSPS) is 11.2. The highest BCUT2D eigenvalue weighted by Gasteiger charge is 2.17. The molecule has 218 valence electrons. The van der Waals surface area contributed by atoms with Gasteiger partial charge in [-0.05, 0) is 36.8 Å². The van der Waals surface area contributed by atoms with Gasteiger partial charge in [0.15, 0.2) is 0 Å². The molecule has 1 aromatic heterocycles. The summed E-state index contributed by atoms with van der Waals surface area (Å²) in [5.74, 6) is 0. The molecule has 2 aromatic carbocycles. The quantitative estimate of drug-likeness (QED) is 0.0866. The van der Waals surface area contributed by atoms with E-state index in [1.165, 1.54) is 136 Å². The molecule has 0 bridgehead atoms. The summed E-state index contributed by atoms with van der Waals surface area (Å²) in [6.07, 6.45) is 22.6. The van der Waals surface area contributed by atoms with Crippen LogP contribution in [0.4, 0.5) is 11.4 Å². The van der Waals surface area contributed by atoms with Crippen molar-refractivity contribution in [1.29, 1.82) is 0 Å². The Kier molecular flexibility index (Phi) is 15.9. The van der Waals surface area contributed by atoms with Crippen LogP contribution in [0.15, 0.2) is 42.5 Å². The van der Waals surface area contributed by atoms with Crippen molar-refractivity contribution in [2.24, 2.45) is 0 Å². The number of fused-ring (bicyclic) bond motifs is 2. The third-order valence-corrected chi connectivity index (χ3v) is 8.19. The van der Waals surface area contributed by atoms with E-state index in [-0.39, 0.29) is 17.0 Å². The fraction of sp³-hybridized carbons (Fsp3) is 0.629. The molecular weight excluding hydrogens is 542 g/mol. The van der Waals surface area contributed by atoms with Gasteiger partial charge in [0.2, 0.25) is 11.0 Å². The van der Waals surface area contributed by atoms with E-state index in [0.717, 1.165) is 6.54 Å². The monoisotopic (exact) mass is 597 g/mol. The average molecular weight is 599 g/mol. The van der Waals surface area contributed by atoms with Crippen LogP contribution in [0.2, 0.25) is 0 Å². The summed E-state index contributed by atoms with van der Waals surface area (Å²) < 4.78 is 2.58. The van der Waals surface area contributed by atoms with E-state index in [1.807, 2.05) is 0 Å². The molecular formula is C35H56BrN3. The summed E-state index contributed by atoms with van der Waals surface area (Å²) in [5.41, 5.74) is 5.23. The van der Waals surface area contributed by atoms with Crippen molar-refractivity contribution in [2.75, 3.05) is 38.0 Å². The van der Waals surface area contributed by atoms with Gasteiger partial charge < -0.3 is 26.8 Å². The number of aromatic nitrogens is 1. The summed E-state index contributed by atoms with van der Waals surface area (Å²) in [6, 6.07) is 16.1. The van der Waals surface area contributed by atoms with Gasteiger partial charge in [-0.1, -0.05) is 96.8 Å². The van der Waals surface area contributed by atoms with Crippen molar-refractivity contribution in [2.45, 2.75) is 116 Å². The average Bonchev–Trinajstić information content (AvgIpc) is 2.91. The third kappa shape index (κ3) is 10.9. The predicted molar refractivity (Wildman–Crippen MR) is 170 cm³/mol. The fourth-order valence-electron chi connectivity index (χ4n) is 5.69. The molecule has 4 heteroatoms. The molecule has 0 radical (unpaired) electrons. The predicted octanol–water partition coefficient (Wildman–Crippen LogP) is 6.68. The van der Waals surface area contributed by atoms with Crippen molar-refractivity contribution in [3.8, 4) is 0 Å². The number of pyridine rings is 1. The Labute approximate surface area is 250 Å². The Morgan fingerprint density at radius 2 is 0.846 bits per heavy atom. The molecule has 3 aromatic rings. The first kappa shape index (κ1) is 33.4. The number of rotatable bonds is 19. The van der Waals surface area contributed by atoms with Gasteiger partial charge in [0.1, 0.15) is 6.54 Å². The maximum absolute atomic E-state index is 2.58. The third-order valence-electron chi connectivity index (χ3n) is 8.19. The van der Waals surface area contributed by atoms with Crippen molar-refractivity contribution >= 4 is 33.2 Å². The maximum atomic E-state index is 2.58. The Bertz CT molecular complexity index is 1030. The first-order valence-corrected chi connectivity index (χ1v) is 15.8. The first-order valence-electron chi connectivity index (χ1n) is 15.8. The lowest BCUT2D eigenvalue weighted by Crippen LogP contribution is -3.00. The molecule has 0 unspecified atom stereocenters. The number of halogens is 1. The molecule has 0 saturated heterocycles. The van der Waals surface area contributed by atoms with Crippen molar-refractivity contribution in [1.82, 2.24) is 0 Å². The van der Waals surface area contributed by atoms with E-state index in [0.29, 0.717) is 0 Å². The molecule has 0 aliphatic heterocycles. The second kappa shape index (κ2) is 18.5. The largest absolute Gasteiger partial charge is 1.00 e. The second-order valence-corrected chi connectivity index (χ2v) is 11.9. The van der Waals surface area contributed by atoms with Gasteiger partial charge in [-0.2, -0.15) is 4.57 Å². The van der Waals surface area contributed by atoms with Gasteiger partial charge in [-0.15, -0.1) is 0 Å². The van der Waals surface area contributed by atoms with Gasteiger partial charge in [-0.3, -0.25) is 0 Å². The standard InChI is InChI=1S/C35H56N3.BrH/c1-6-7-8-9-10-11-12-13-14-15-16-17-18-19-20-21-26-38-34-28-32(36(2)3)24-22-30(34)27-31-23-25-33(37(4)5)29-35(31)38;/h22-25,27-29H,6-21,26H2,1-5H3;1H/q+1;/p-1. The zero-order chi connectivity index (χ0) is 27.2. The van der Waals surface area contributed by atoms with Crippen LogP contribution in [0.1, 0.15) is 110 Å². The highest BCUT2D eigenvalue weighted by Crippen LogP contribution is 2.25. The van der Waals surface area contributed by atoms with Crippen LogP contribution in [-0.2, 0) is 6.54 Å². The lowest BCUT2D eigenvalue weighted by atomic mass is 10.0. The van der Waals surface area contributed by atoms with E-state index in [4.69, 9.17) is 0 Å². The molecule has 3 nitrogen and oxygen atoms in total. The Hall–Kier alpha value is -1.81. The molecule has 0 saturated carbocycles. The van der Waals surface area contributed by atoms with Crippen LogP contribution < -0.4 is 31.3 Å². The number of anilines is 2.